The third-order valence-corrected chi connectivity index (χ3v) is 8.65. The molecule has 0 radical (unpaired) electrons. The molecule has 0 aliphatic carbocycles. The maximum absolute atomic E-state index is 13.5. The fourth-order valence-corrected chi connectivity index (χ4v) is 5.88. The van der Waals surface area contributed by atoms with Crippen LogP contribution in [0.15, 0.2) is 73.1 Å². The Balaban J connectivity index is 0.00000576. The zero-order chi connectivity index (χ0) is 32.3. The molecule has 4 rings (SSSR count). The number of H-pyrrole nitrogens is 1. The van der Waals surface area contributed by atoms with Crippen LogP contribution >= 0.6 is 34.5 Å². The SMILES string of the molecule is COc1ccc([C@H](Cc2c(Cl)c[nH+]cc2Cl)OC(=O)c2ccc(CNC(C(=O)OCCN(C)C)c3ccccc3)s2)cc1OC.[OH-]. The molecule has 46 heavy (non-hydrogen) atoms. The highest BCUT2D eigenvalue weighted by molar-refractivity contribution is 7.13. The Hall–Kier alpha value is -3.71. The van der Waals surface area contributed by atoms with Crippen LogP contribution in [0.2, 0.25) is 10.0 Å². The molecule has 0 aliphatic rings. The van der Waals surface area contributed by atoms with Crippen LogP contribution in [0.5, 0.6) is 11.5 Å². The quantitative estimate of drug-likeness (QED) is 0.154. The molecule has 2 atom stereocenters. The molecular formula is C33H37Cl2N3O7S. The third kappa shape index (κ3) is 9.89. The Morgan fingerprint density at radius 1 is 0.935 bits per heavy atom. The molecule has 4 aromatic rings. The average Bonchev–Trinajstić information content (AvgIpc) is 3.51. The molecule has 13 heteroatoms. The summed E-state index contributed by atoms with van der Waals surface area (Å²) in [4.78, 5) is 32.6. The monoisotopic (exact) mass is 689 g/mol. The van der Waals surface area contributed by atoms with Gasteiger partial charge >= 0.3 is 11.9 Å². The van der Waals surface area contributed by atoms with Gasteiger partial charge in [-0.25, -0.2) is 14.6 Å². The van der Waals surface area contributed by atoms with Crippen molar-refractivity contribution in [2.24, 2.45) is 0 Å². The summed E-state index contributed by atoms with van der Waals surface area (Å²) in [6.07, 6.45) is 2.73. The number of nitrogens with zero attached hydrogens (tertiary/aromatic N) is 1. The van der Waals surface area contributed by atoms with Crippen LogP contribution in [0, 0.1) is 0 Å². The lowest BCUT2D eigenvalue weighted by Crippen LogP contribution is -2.31. The lowest BCUT2D eigenvalue weighted by atomic mass is 10.0. The van der Waals surface area contributed by atoms with Gasteiger partial charge in [-0.05, 0) is 49.5 Å². The molecule has 2 heterocycles. The van der Waals surface area contributed by atoms with Gasteiger partial charge in [0.25, 0.3) is 0 Å². The molecule has 246 valence electrons. The van der Waals surface area contributed by atoms with Gasteiger partial charge in [0.2, 0.25) is 0 Å². The van der Waals surface area contributed by atoms with Crippen LogP contribution in [0.1, 0.15) is 43.4 Å². The summed E-state index contributed by atoms with van der Waals surface area (Å²) in [7, 11) is 6.92. The van der Waals surface area contributed by atoms with E-state index in [9.17, 15) is 9.59 Å². The van der Waals surface area contributed by atoms with E-state index >= 15 is 0 Å². The Morgan fingerprint density at radius 3 is 2.28 bits per heavy atom. The fraction of sp³-hybridized carbons (Fsp3) is 0.303. The largest absolute Gasteiger partial charge is 0.870 e. The molecule has 1 unspecified atom stereocenters. The van der Waals surface area contributed by atoms with E-state index in [1.54, 1.807) is 43.8 Å². The van der Waals surface area contributed by atoms with Gasteiger partial charge in [0, 0.05) is 30.0 Å². The summed E-state index contributed by atoms with van der Waals surface area (Å²) in [6.45, 7) is 1.24. The van der Waals surface area contributed by atoms with Crippen LogP contribution < -0.4 is 19.8 Å². The van der Waals surface area contributed by atoms with E-state index in [4.69, 9.17) is 42.1 Å². The maximum Gasteiger partial charge on any atom is 0.348 e. The number of halogens is 2. The van der Waals surface area contributed by atoms with Crippen molar-refractivity contribution < 1.29 is 39.0 Å². The highest BCUT2D eigenvalue weighted by Gasteiger charge is 2.26. The fourth-order valence-electron chi connectivity index (χ4n) is 4.50. The second-order valence-electron chi connectivity index (χ2n) is 10.3. The van der Waals surface area contributed by atoms with Gasteiger partial charge < -0.3 is 29.3 Å². The number of benzene rings is 2. The lowest BCUT2D eigenvalue weighted by molar-refractivity contribution is -0.377. The number of likely N-dealkylation sites (N-methyl/N-ethyl adjacent to an activating group) is 1. The van der Waals surface area contributed by atoms with Crippen molar-refractivity contribution in [1.29, 1.82) is 0 Å². The summed E-state index contributed by atoms with van der Waals surface area (Å²) < 4.78 is 22.5. The Morgan fingerprint density at radius 2 is 1.63 bits per heavy atom. The van der Waals surface area contributed by atoms with E-state index in [1.807, 2.05) is 55.4 Å². The number of methoxy groups -OCH3 is 2. The van der Waals surface area contributed by atoms with Gasteiger partial charge in [-0.3, -0.25) is 5.32 Å². The molecule has 0 bridgehead atoms. The summed E-state index contributed by atoms with van der Waals surface area (Å²) in [5.41, 5.74) is 2.10. The van der Waals surface area contributed by atoms with Gasteiger partial charge in [-0.2, -0.15) is 0 Å². The normalized spacial score (nSPS) is 12.2. The molecule has 0 amide bonds. The van der Waals surface area contributed by atoms with Gasteiger partial charge in [0.1, 0.15) is 33.7 Å². The van der Waals surface area contributed by atoms with Crippen LogP contribution in [0.25, 0.3) is 0 Å². The highest BCUT2D eigenvalue weighted by Crippen LogP contribution is 2.35. The zero-order valence-corrected chi connectivity index (χ0v) is 28.2. The van der Waals surface area contributed by atoms with Crippen LogP contribution in [0.3, 0.4) is 0 Å². The van der Waals surface area contributed by atoms with E-state index in [0.717, 1.165) is 10.4 Å². The number of rotatable bonds is 15. The lowest BCUT2D eigenvalue weighted by Gasteiger charge is -2.20. The number of aromatic nitrogens is 1. The molecule has 0 spiro atoms. The van der Waals surface area contributed by atoms with E-state index in [0.29, 0.717) is 50.6 Å². The van der Waals surface area contributed by atoms with Gasteiger partial charge in [0.05, 0.1) is 14.2 Å². The number of ether oxygens (including phenoxy) is 4. The number of carbonyl (C=O) groups excluding carboxylic acids is 2. The van der Waals surface area contributed by atoms with E-state index in [-0.39, 0.29) is 24.5 Å². The van der Waals surface area contributed by atoms with Gasteiger partial charge in [-0.15, -0.1) is 11.3 Å². The van der Waals surface area contributed by atoms with E-state index in [2.05, 4.69) is 10.3 Å². The molecule has 2 aromatic carbocycles. The third-order valence-electron chi connectivity index (χ3n) is 6.91. The van der Waals surface area contributed by atoms with Crippen molar-refractivity contribution >= 4 is 46.5 Å². The molecule has 0 saturated carbocycles. The van der Waals surface area contributed by atoms with Crippen molar-refractivity contribution in [2.45, 2.75) is 25.1 Å². The second kappa shape index (κ2) is 17.8. The first-order valence-corrected chi connectivity index (χ1v) is 15.7. The van der Waals surface area contributed by atoms with E-state index < -0.39 is 18.1 Å². The minimum atomic E-state index is -0.738. The number of hydrogen-bond donors (Lipinski definition) is 1. The smallest absolute Gasteiger partial charge is 0.348 e. The van der Waals surface area contributed by atoms with Crippen molar-refractivity contribution in [2.75, 3.05) is 41.5 Å². The molecule has 0 aliphatic heterocycles. The number of carbonyl (C=O) groups is 2. The molecule has 10 nitrogen and oxygen atoms in total. The minimum absolute atomic E-state index is 0. The molecule has 2 aromatic heterocycles. The average molecular weight is 691 g/mol. The summed E-state index contributed by atoms with van der Waals surface area (Å²) in [5, 5.41) is 4.13. The first-order valence-electron chi connectivity index (χ1n) is 14.2. The van der Waals surface area contributed by atoms with Gasteiger partial charge in [-0.1, -0.05) is 59.6 Å². The summed E-state index contributed by atoms with van der Waals surface area (Å²) in [6, 6.07) is 17.6. The van der Waals surface area contributed by atoms with Crippen molar-refractivity contribution in [3.05, 3.63) is 110 Å². The van der Waals surface area contributed by atoms with Crippen LogP contribution in [-0.4, -0.2) is 63.8 Å². The molecule has 0 fully saturated rings. The summed E-state index contributed by atoms with van der Waals surface area (Å²) >= 11 is 14.2. The topological polar surface area (TPSA) is 130 Å². The van der Waals surface area contributed by atoms with Gasteiger partial charge in [0.15, 0.2) is 23.9 Å². The first kappa shape index (κ1) is 36.8. The first-order chi connectivity index (χ1) is 21.7. The number of thiophene rings is 1. The second-order valence-corrected chi connectivity index (χ2v) is 12.3. The van der Waals surface area contributed by atoms with E-state index in [1.165, 1.54) is 18.4 Å². The number of nitrogens with one attached hydrogen (secondary N) is 2. The van der Waals surface area contributed by atoms with Crippen molar-refractivity contribution in [3.8, 4) is 11.5 Å². The minimum Gasteiger partial charge on any atom is -0.870 e. The number of pyridine rings is 1. The van der Waals surface area contributed by atoms with Crippen molar-refractivity contribution in [1.82, 2.24) is 10.2 Å². The number of aromatic amines is 1. The zero-order valence-electron chi connectivity index (χ0n) is 25.9. The highest BCUT2D eigenvalue weighted by atomic mass is 35.5. The van der Waals surface area contributed by atoms with Crippen LogP contribution in [-0.2, 0) is 27.2 Å². The predicted octanol–water partition coefficient (Wildman–Crippen LogP) is 5.79. The maximum atomic E-state index is 13.5. The van der Waals surface area contributed by atoms with Crippen molar-refractivity contribution in [3.63, 3.8) is 0 Å². The Kier molecular flexibility index (Phi) is 14.3. The van der Waals surface area contributed by atoms with Crippen LogP contribution in [0.4, 0.5) is 0 Å². The molecular weight excluding hydrogens is 653 g/mol. The summed E-state index contributed by atoms with van der Waals surface area (Å²) in [5.74, 6) is 0.158. The molecule has 3 N–H and O–H groups in total. The molecule has 0 saturated heterocycles. The number of esters is 2. The standard InChI is InChI=1S/C33H35Cl2N3O6S.H2O/c1-38(2)14-15-43-33(40)31(21-8-6-5-7-9-21)37-18-23-11-13-30(45-23)32(39)44-28(17-24-25(34)19-36-20-26(24)35)22-10-12-27(41-3)29(16-22)42-4;/h5-13,16,19-20,28,31,37H,14-15,17-18H2,1-4H3;1H2/t28-,31?;/m0./s1. The number of hydrogen-bond acceptors (Lipinski definition) is 10. The predicted molar refractivity (Wildman–Crippen MR) is 176 cm³/mol. The Labute approximate surface area is 282 Å². The Bertz CT molecular complexity index is 1570.